The van der Waals surface area contributed by atoms with E-state index in [-0.39, 0.29) is 6.04 Å². The molecule has 0 aliphatic carbocycles. The minimum Gasteiger partial charge on any atom is -0.308 e. The molecule has 2 aromatic rings. The minimum absolute atomic E-state index is 0.235. The van der Waals surface area contributed by atoms with Gasteiger partial charge in [0.2, 0.25) is 0 Å². The molecule has 0 aliphatic heterocycles. The van der Waals surface area contributed by atoms with Crippen LogP contribution in [0.1, 0.15) is 30.0 Å². The van der Waals surface area contributed by atoms with Crippen LogP contribution < -0.4 is 5.32 Å². The topological polar surface area (TPSA) is 53.6 Å². The number of aromatic amines is 1. The van der Waals surface area contributed by atoms with E-state index in [9.17, 15) is 0 Å². The van der Waals surface area contributed by atoms with Gasteiger partial charge in [0.05, 0.1) is 21.7 Å². The summed E-state index contributed by atoms with van der Waals surface area (Å²) in [5, 5.41) is 14.2. The predicted octanol–water partition coefficient (Wildman–Crippen LogP) is 2.91. The first kappa shape index (κ1) is 12.7. The third-order valence-corrected chi connectivity index (χ3v) is 4.11. The second kappa shape index (κ2) is 6.28. The first-order valence-corrected chi connectivity index (χ1v) is 7.23. The van der Waals surface area contributed by atoms with Crippen molar-refractivity contribution in [2.24, 2.45) is 0 Å². The molecular formula is C11H15BrN4S. The third kappa shape index (κ3) is 3.62. The summed E-state index contributed by atoms with van der Waals surface area (Å²) in [6.07, 6.45) is 3.85. The van der Waals surface area contributed by atoms with E-state index in [0.29, 0.717) is 0 Å². The molecule has 2 rings (SSSR count). The van der Waals surface area contributed by atoms with Crippen molar-refractivity contribution in [2.45, 2.75) is 25.8 Å². The summed E-state index contributed by atoms with van der Waals surface area (Å²) < 4.78 is 1.17. The number of hydrogen-bond acceptors (Lipinski definition) is 4. The van der Waals surface area contributed by atoms with Crippen molar-refractivity contribution >= 4 is 27.3 Å². The number of hydrogen-bond donors (Lipinski definition) is 2. The van der Waals surface area contributed by atoms with Gasteiger partial charge in [-0.25, -0.2) is 0 Å². The molecule has 0 spiro atoms. The lowest BCUT2D eigenvalue weighted by Crippen LogP contribution is -2.24. The number of halogens is 1. The molecule has 2 heterocycles. The van der Waals surface area contributed by atoms with Gasteiger partial charge >= 0.3 is 0 Å². The summed E-state index contributed by atoms with van der Waals surface area (Å²) in [5.41, 5.74) is 0.975. The van der Waals surface area contributed by atoms with Crippen LogP contribution in [0, 0.1) is 0 Å². The Kier molecular flexibility index (Phi) is 4.70. The van der Waals surface area contributed by atoms with Gasteiger partial charge in [-0.3, -0.25) is 0 Å². The van der Waals surface area contributed by atoms with Crippen LogP contribution in [0.3, 0.4) is 0 Å². The lowest BCUT2D eigenvalue weighted by atomic mass is 10.1. The molecule has 0 fully saturated rings. The highest BCUT2D eigenvalue weighted by Gasteiger charge is 2.15. The van der Waals surface area contributed by atoms with Crippen LogP contribution in [0.2, 0.25) is 0 Å². The van der Waals surface area contributed by atoms with Gasteiger partial charge in [-0.1, -0.05) is 6.92 Å². The Bertz CT molecular complexity index is 440. The zero-order chi connectivity index (χ0) is 12.1. The second-order valence-electron chi connectivity index (χ2n) is 3.81. The van der Waals surface area contributed by atoms with Gasteiger partial charge in [0.25, 0.3) is 0 Å². The fourth-order valence-electron chi connectivity index (χ4n) is 1.64. The third-order valence-electron chi connectivity index (χ3n) is 2.47. The Morgan fingerprint density at radius 3 is 3.00 bits per heavy atom. The summed E-state index contributed by atoms with van der Waals surface area (Å²) in [6.45, 7) is 3.15. The molecule has 0 aliphatic rings. The number of rotatable bonds is 6. The summed E-state index contributed by atoms with van der Waals surface area (Å²) in [6, 6.07) is 4.47. The van der Waals surface area contributed by atoms with Crippen molar-refractivity contribution in [3.05, 3.63) is 32.7 Å². The maximum atomic E-state index is 4.17. The zero-order valence-corrected chi connectivity index (χ0v) is 12.0. The van der Waals surface area contributed by atoms with E-state index in [4.69, 9.17) is 0 Å². The lowest BCUT2D eigenvalue weighted by Gasteiger charge is -2.14. The number of aromatic nitrogens is 3. The summed E-state index contributed by atoms with van der Waals surface area (Å²) in [4.78, 5) is 1.34. The molecule has 4 nitrogen and oxygen atoms in total. The van der Waals surface area contributed by atoms with Crippen LogP contribution in [0.15, 0.2) is 22.1 Å². The highest BCUT2D eigenvalue weighted by Crippen LogP contribution is 2.26. The van der Waals surface area contributed by atoms with Crippen LogP contribution in [0.5, 0.6) is 0 Å². The average Bonchev–Trinajstić information content (AvgIpc) is 2.95. The molecule has 1 atom stereocenters. The number of nitrogens with one attached hydrogen (secondary N) is 2. The molecule has 2 aromatic heterocycles. The van der Waals surface area contributed by atoms with Crippen molar-refractivity contribution in [3.63, 3.8) is 0 Å². The summed E-state index contributed by atoms with van der Waals surface area (Å²) in [7, 11) is 0. The minimum atomic E-state index is 0.235. The first-order chi connectivity index (χ1) is 8.29. The summed E-state index contributed by atoms with van der Waals surface area (Å²) >= 11 is 5.25. The van der Waals surface area contributed by atoms with Gasteiger partial charge in [-0.05, 0) is 41.0 Å². The zero-order valence-electron chi connectivity index (χ0n) is 9.61. The normalized spacial score (nSPS) is 12.8. The fourth-order valence-corrected chi connectivity index (χ4v) is 3.17. The number of H-pyrrole nitrogens is 1. The van der Waals surface area contributed by atoms with Crippen molar-refractivity contribution in [2.75, 3.05) is 6.54 Å². The Labute approximate surface area is 113 Å². The van der Waals surface area contributed by atoms with Crippen LogP contribution >= 0.6 is 27.3 Å². The molecule has 0 saturated carbocycles. The van der Waals surface area contributed by atoms with E-state index in [0.717, 1.165) is 25.1 Å². The molecule has 0 bridgehead atoms. The van der Waals surface area contributed by atoms with E-state index in [1.54, 1.807) is 17.5 Å². The molecule has 0 amide bonds. The number of nitrogens with zero attached hydrogens (tertiary/aromatic N) is 2. The quantitative estimate of drug-likeness (QED) is 0.862. The molecule has 92 valence electrons. The molecule has 0 saturated heterocycles. The predicted molar refractivity (Wildman–Crippen MR) is 73.1 cm³/mol. The van der Waals surface area contributed by atoms with Crippen molar-refractivity contribution in [3.8, 4) is 0 Å². The van der Waals surface area contributed by atoms with E-state index < -0.39 is 0 Å². The van der Waals surface area contributed by atoms with E-state index >= 15 is 0 Å². The maximum absolute atomic E-state index is 4.17. The molecule has 1 unspecified atom stereocenters. The van der Waals surface area contributed by atoms with E-state index in [1.807, 2.05) is 0 Å². The Morgan fingerprint density at radius 2 is 2.41 bits per heavy atom. The molecular weight excluding hydrogens is 300 g/mol. The average molecular weight is 315 g/mol. The monoisotopic (exact) mass is 314 g/mol. The molecule has 2 N–H and O–H groups in total. The van der Waals surface area contributed by atoms with Gasteiger partial charge in [0.1, 0.15) is 0 Å². The maximum Gasteiger partial charge on any atom is 0.0997 e. The SMILES string of the molecule is CCCNC(Cc1ccc(Br)s1)c1cn[nH]n1. The van der Waals surface area contributed by atoms with Crippen LogP contribution in [-0.2, 0) is 6.42 Å². The Balaban J connectivity index is 2.05. The lowest BCUT2D eigenvalue weighted by molar-refractivity contribution is 0.520. The highest BCUT2D eigenvalue weighted by molar-refractivity contribution is 9.11. The van der Waals surface area contributed by atoms with Gasteiger partial charge in [0, 0.05) is 11.3 Å². The Morgan fingerprint density at radius 1 is 1.53 bits per heavy atom. The van der Waals surface area contributed by atoms with E-state index in [1.165, 1.54) is 8.66 Å². The van der Waals surface area contributed by atoms with E-state index in [2.05, 4.69) is 55.7 Å². The highest BCUT2D eigenvalue weighted by atomic mass is 79.9. The first-order valence-electron chi connectivity index (χ1n) is 5.63. The van der Waals surface area contributed by atoms with Gasteiger partial charge in [0.15, 0.2) is 0 Å². The smallest absolute Gasteiger partial charge is 0.0997 e. The van der Waals surface area contributed by atoms with Crippen LogP contribution in [-0.4, -0.2) is 22.0 Å². The largest absolute Gasteiger partial charge is 0.308 e. The van der Waals surface area contributed by atoms with Crippen LogP contribution in [0.4, 0.5) is 0 Å². The standard InChI is InChI=1S/C11H15BrN4S/c1-2-5-13-9(10-7-14-16-15-10)6-8-3-4-11(12)17-8/h3-4,7,9,13H,2,5-6H2,1H3,(H,14,15,16). The summed E-state index contributed by atoms with van der Waals surface area (Å²) in [5.74, 6) is 0. The van der Waals surface area contributed by atoms with Crippen molar-refractivity contribution < 1.29 is 0 Å². The molecule has 6 heteroatoms. The van der Waals surface area contributed by atoms with Crippen molar-refractivity contribution in [1.29, 1.82) is 0 Å². The number of thiophene rings is 1. The molecule has 0 radical (unpaired) electrons. The van der Waals surface area contributed by atoms with Crippen molar-refractivity contribution in [1.82, 2.24) is 20.7 Å². The molecule has 17 heavy (non-hydrogen) atoms. The fraction of sp³-hybridized carbons (Fsp3) is 0.455. The Hall–Kier alpha value is -0.720. The molecule has 0 aromatic carbocycles. The van der Waals surface area contributed by atoms with Crippen LogP contribution in [0.25, 0.3) is 0 Å². The van der Waals surface area contributed by atoms with Gasteiger partial charge in [-0.2, -0.15) is 15.4 Å². The van der Waals surface area contributed by atoms with Gasteiger partial charge < -0.3 is 5.32 Å². The van der Waals surface area contributed by atoms with Gasteiger partial charge in [-0.15, -0.1) is 11.3 Å². The second-order valence-corrected chi connectivity index (χ2v) is 6.36.